The molecule has 0 bridgehead atoms. The van der Waals surface area contributed by atoms with Gasteiger partial charge < -0.3 is 14.6 Å². The van der Waals surface area contributed by atoms with Crippen molar-refractivity contribution in [1.82, 2.24) is 24.2 Å². The molecular formula is C20H25N5O2. The number of carbonyl (C=O) groups is 1. The molecule has 1 saturated heterocycles. The number of fused-ring (bicyclic) bond motifs is 1. The van der Waals surface area contributed by atoms with Gasteiger partial charge in [-0.05, 0) is 25.8 Å². The molecule has 1 aliphatic rings. The lowest BCUT2D eigenvalue weighted by Crippen LogP contribution is -2.38. The van der Waals surface area contributed by atoms with Crippen LogP contribution >= 0.6 is 0 Å². The summed E-state index contributed by atoms with van der Waals surface area (Å²) in [5, 5.41) is 14.7. The highest BCUT2D eigenvalue weighted by atomic mass is 16.3. The monoisotopic (exact) mass is 367 g/mol. The number of imidazole rings is 1. The molecule has 1 aromatic carbocycles. The molecule has 0 aliphatic carbocycles. The van der Waals surface area contributed by atoms with Gasteiger partial charge in [-0.25, -0.2) is 4.98 Å². The Labute approximate surface area is 158 Å². The van der Waals surface area contributed by atoms with Gasteiger partial charge in [0.25, 0.3) is 5.91 Å². The van der Waals surface area contributed by atoms with E-state index in [-0.39, 0.29) is 12.5 Å². The number of para-hydroxylation sites is 1. The van der Waals surface area contributed by atoms with E-state index in [1.165, 1.54) is 0 Å². The largest absolute Gasteiger partial charge is 0.395 e. The van der Waals surface area contributed by atoms with Crippen molar-refractivity contribution in [3.63, 3.8) is 0 Å². The number of aryl methyl sites for hydroxylation is 2. The predicted octanol–water partition coefficient (Wildman–Crippen LogP) is 2.09. The van der Waals surface area contributed by atoms with Crippen LogP contribution in [0.4, 0.5) is 0 Å². The molecule has 0 saturated carbocycles. The van der Waals surface area contributed by atoms with Crippen molar-refractivity contribution in [2.75, 3.05) is 19.7 Å². The number of amides is 1. The van der Waals surface area contributed by atoms with Crippen LogP contribution in [0.25, 0.3) is 10.9 Å². The normalized spacial score (nSPS) is 15.6. The summed E-state index contributed by atoms with van der Waals surface area (Å²) in [7, 11) is 1.87. The predicted molar refractivity (Wildman–Crippen MR) is 103 cm³/mol. The van der Waals surface area contributed by atoms with E-state index in [4.69, 9.17) is 0 Å². The molecule has 1 aliphatic heterocycles. The van der Waals surface area contributed by atoms with Crippen LogP contribution < -0.4 is 0 Å². The quantitative estimate of drug-likeness (QED) is 0.766. The highest BCUT2D eigenvalue weighted by Crippen LogP contribution is 2.29. The van der Waals surface area contributed by atoms with Gasteiger partial charge in [0.15, 0.2) is 5.69 Å². The molecule has 3 aromatic rings. The van der Waals surface area contributed by atoms with Crippen molar-refractivity contribution in [3.8, 4) is 0 Å². The minimum atomic E-state index is 0.000121. The van der Waals surface area contributed by atoms with Crippen LogP contribution in [-0.2, 0) is 13.6 Å². The minimum Gasteiger partial charge on any atom is -0.395 e. The van der Waals surface area contributed by atoms with Crippen molar-refractivity contribution < 1.29 is 9.90 Å². The standard InChI is InChI=1S/C20H25N5O2/c1-14-13-21-19(25(14)11-12-26)15-7-9-24(10-8-15)20(27)18-16-5-3-4-6-17(16)23(2)22-18/h3-6,13,15,26H,7-12H2,1-2H3. The van der Waals surface area contributed by atoms with E-state index in [1.54, 1.807) is 4.68 Å². The second-order valence-corrected chi connectivity index (χ2v) is 7.19. The number of aromatic nitrogens is 4. The molecule has 1 amide bonds. The zero-order valence-corrected chi connectivity index (χ0v) is 15.8. The first-order chi connectivity index (χ1) is 13.1. The molecule has 7 heteroatoms. The van der Waals surface area contributed by atoms with Crippen LogP contribution in [0, 0.1) is 6.92 Å². The summed E-state index contributed by atoms with van der Waals surface area (Å²) in [5.74, 6) is 1.34. The lowest BCUT2D eigenvalue weighted by molar-refractivity contribution is 0.0705. The van der Waals surface area contributed by atoms with E-state index in [0.29, 0.717) is 31.2 Å². The molecule has 142 valence electrons. The third kappa shape index (κ3) is 3.12. The fourth-order valence-corrected chi connectivity index (χ4v) is 4.06. The highest BCUT2D eigenvalue weighted by molar-refractivity contribution is 6.04. The van der Waals surface area contributed by atoms with Gasteiger partial charge in [0.05, 0.1) is 12.1 Å². The lowest BCUT2D eigenvalue weighted by Gasteiger charge is -2.31. The topological polar surface area (TPSA) is 76.2 Å². The zero-order valence-electron chi connectivity index (χ0n) is 15.8. The van der Waals surface area contributed by atoms with Crippen LogP contribution in [0.3, 0.4) is 0 Å². The summed E-state index contributed by atoms with van der Waals surface area (Å²) in [4.78, 5) is 19.5. The van der Waals surface area contributed by atoms with Crippen molar-refractivity contribution in [2.45, 2.75) is 32.2 Å². The Morgan fingerprint density at radius 2 is 2.00 bits per heavy atom. The first kappa shape index (κ1) is 17.7. The van der Waals surface area contributed by atoms with Gasteiger partial charge in [0.1, 0.15) is 5.82 Å². The molecule has 1 N–H and O–H groups in total. The van der Waals surface area contributed by atoms with Crippen molar-refractivity contribution in [3.05, 3.63) is 47.7 Å². The number of aliphatic hydroxyl groups excluding tert-OH is 1. The Morgan fingerprint density at radius 3 is 2.74 bits per heavy atom. The van der Waals surface area contributed by atoms with Crippen LogP contribution in [0.15, 0.2) is 30.5 Å². The van der Waals surface area contributed by atoms with Crippen molar-refractivity contribution in [1.29, 1.82) is 0 Å². The first-order valence-corrected chi connectivity index (χ1v) is 9.44. The molecule has 7 nitrogen and oxygen atoms in total. The zero-order chi connectivity index (χ0) is 19.0. The van der Waals surface area contributed by atoms with E-state index in [1.807, 2.05) is 49.3 Å². The number of hydrogen-bond donors (Lipinski definition) is 1. The van der Waals surface area contributed by atoms with Gasteiger partial charge in [0.2, 0.25) is 0 Å². The third-order valence-corrected chi connectivity index (χ3v) is 5.52. The van der Waals surface area contributed by atoms with Crippen LogP contribution in [0.5, 0.6) is 0 Å². The average molecular weight is 367 g/mol. The number of likely N-dealkylation sites (tertiary alicyclic amines) is 1. The Morgan fingerprint density at radius 1 is 1.26 bits per heavy atom. The number of carbonyl (C=O) groups excluding carboxylic acids is 1. The van der Waals surface area contributed by atoms with Crippen LogP contribution in [0.2, 0.25) is 0 Å². The SMILES string of the molecule is Cc1cnc(C2CCN(C(=O)c3nn(C)c4ccccc34)CC2)n1CCO. The molecule has 0 unspecified atom stereocenters. The Bertz CT molecular complexity index is 966. The molecule has 1 fully saturated rings. The van der Waals surface area contributed by atoms with Crippen LogP contribution in [0.1, 0.15) is 40.8 Å². The molecule has 3 heterocycles. The number of hydrogen-bond acceptors (Lipinski definition) is 4. The molecule has 27 heavy (non-hydrogen) atoms. The molecular weight excluding hydrogens is 342 g/mol. The summed E-state index contributed by atoms with van der Waals surface area (Å²) < 4.78 is 3.86. The van der Waals surface area contributed by atoms with E-state index in [2.05, 4.69) is 14.6 Å². The number of benzene rings is 1. The Kier molecular flexibility index (Phi) is 4.70. The van der Waals surface area contributed by atoms with E-state index in [9.17, 15) is 9.90 Å². The smallest absolute Gasteiger partial charge is 0.275 e. The summed E-state index contributed by atoms with van der Waals surface area (Å²) in [6, 6.07) is 7.84. The fraction of sp³-hybridized carbons (Fsp3) is 0.450. The van der Waals surface area contributed by atoms with E-state index in [0.717, 1.165) is 35.3 Å². The number of rotatable bonds is 4. The third-order valence-electron chi connectivity index (χ3n) is 5.52. The number of piperidine rings is 1. The van der Waals surface area contributed by atoms with E-state index < -0.39 is 0 Å². The first-order valence-electron chi connectivity index (χ1n) is 9.44. The molecule has 0 atom stereocenters. The summed E-state index contributed by atoms with van der Waals surface area (Å²) in [6.45, 7) is 4.07. The second-order valence-electron chi connectivity index (χ2n) is 7.19. The maximum atomic E-state index is 13.0. The molecule has 2 aromatic heterocycles. The fourth-order valence-electron chi connectivity index (χ4n) is 4.06. The van der Waals surface area contributed by atoms with Gasteiger partial charge in [-0.1, -0.05) is 18.2 Å². The summed E-state index contributed by atoms with van der Waals surface area (Å²) >= 11 is 0. The highest BCUT2D eigenvalue weighted by Gasteiger charge is 2.29. The average Bonchev–Trinajstić information content (AvgIpc) is 3.23. The summed E-state index contributed by atoms with van der Waals surface area (Å²) in [5.41, 5.74) is 2.57. The maximum Gasteiger partial charge on any atom is 0.275 e. The second kappa shape index (κ2) is 7.15. The van der Waals surface area contributed by atoms with Gasteiger partial charge in [-0.2, -0.15) is 5.10 Å². The Balaban J connectivity index is 1.50. The lowest BCUT2D eigenvalue weighted by atomic mass is 9.95. The van der Waals surface area contributed by atoms with Crippen molar-refractivity contribution >= 4 is 16.8 Å². The molecule has 0 radical (unpaired) electrons. The van der Waals surface area contributed by atoms with Gasteiger partial charge in [-0.15, -0.1) is 0 Å². The Hall–Kier alpha value is -2.67. The molecule has 4 rings (SSSR count). The summed E-state index contributed by atoms with van der Waals surface area (Å²) in [6.07, 6.45) is 3.61. The van der Waals surface area contributed by atoms with Gasteiger partial charge >= 0.3 is 0 Å². The van der Waals surface area contributed by atoms with Crippen molar-refractivity contribution in [2.24, 2.45) is 7.05 Å². The molecule has 0 spiro atoms. The minimum absolute atomic E-state index is 0.000121. The van der Waals surface area contributed by atoms with E-state index >= 15 is 0 Å². The number of nitrogens with zero attached hydrogens (tertiary/aromatic N) is 5. The van der Waals surface area contributed by atoms with Crippen LogP contribution in [-0.4, -0.2) is 54.9 Å². The number of aliphatic hydroxyl groups is 1. The maximum absolute atomic E-state index is 13.0. The van der Waals surface area contributed by atoms with Gasteiger partial charge in [-0.3, -0.25) is 9.48 Å². The van der Waals surface area contributed by atoms with Gasteiger partial charge in [0, 0.05) is 49.9 Å².